The van der Waals surface area contributed by atoms with E-state index in [4.69, 9.17) is 0 Å². The second-order valence-electron chi connectivity index (χ2n) is 5.96. The van der Waals surface area contributed by atoms with Crippen LogP contribution in [0.1, 0.15) is 30.1 Å². The van der Waals surface area contributed by atoms with E-state index in [9.17, 15) is 14.0 Å². The summed E-state index contributed by atoms with van der Waals surface area (Å²) in [6.45, 7) is 2.86. The van der Waals surface area contributed by atoms with Gasteiger partial charge in [-0.3, -0.25) is 9.59 Å². The number of hydrogen-bond donors (Lipinski definition) is 2. The number of hydrogen-bond acceptors (Lipinski definition) is 3. The van der Waals surface area contributed by atoms with Gasteiger partial charge >= 0.3 is 0 Å². The van der Waals surface area contributed by atoms with Gasteiger partial charge in [0.25, 0.3) is 5.91 Å². The predicted octanol–water partition coefficient (Wildman–Crippen LogP) is 1.85. The van der Waals surface area contributed by atoms with Crippen LogP contribution in [0.2, 0.25) is 0 Å². The maximum Gasteiger partial charge on any atom is 0.256 e. The van der Waals surface area contributed by atoms with Crippen molar-refractivity contribution in [3.05, 3.63) is 29.6 Å². The topological polar surface area (TPSA) is 61.4 Å². The molecule has 6 heteroatoms. The summed E-state index contributed by atoms with van der Waals surface area (Å²) in [5.74, 6) is -1.16. The SMILES string of the molecule is C[C@H]1C[C@@H](C(=O)Nc2ccc(F)c(C(=O)N(C)C)c2)CCN1. The summed E-state index contributed by atoms with van der Waals surface area (Å²) >= 11 is 0. The van der Waals surface area contributed by atoms with Crippen molar-refractivity contribution in [1.29, 1.82) is 0 Å². The molecule has 0 unspecified atom stereocenters. The van der Waals surface area contributed by atoms with Crippen LogP contribution in [0.15, 0.2) is 18.2 Å². The molecule has 2 N–H and O–H groups in total. The normalized spacial score (nSPS) is 21.3. The lowest BCUT2D eigenvalue weighted by Gasteiger charge is -2.27. The Hall–Kier alpha value is -1.95. The molecule has 0 spiro atoms. The third-order valence-electron chi connectivity index (χ3n) is 3.86. The Labute approximate surface area is 129 Å². The van der Waals surface area contributed by atoms with Crippen molar-refractivity contribution >= 4 is 17.5 Å². The third kappa shape index (κ3) is 3.82. The molecule has 1 aliphatic rings. The Balaban J connectivity index is 2.11. The summed E-state index contributed by atoms with van der Waals surface area (Å²) < 4.78 is 13.8. The van der Waals surface area contributed by atoms with E-state index in [-0.39, 0.29) is 17.4 Å². The highest BCUT2D eigenvalue weighted by Crippen LogP contribution is 2.20. The van der Waals surface area contributed by atoms with Gasteiger partial charge < -0.3 is 15.5 Å². The standard InChI is InChI=1S/C16H22FN3O2/c1-10-8-11(6-7-18-10)15(21)19-12-4-5-14(17)13(9-12)16(22)20(2)3/h4-5,9-11,18H,6-8H2,1-3H3,(H,19,21)/t10-,11-/m0/s1. The molecule has 0 saturated carbocycles. The van der Waals surface area contributed by atoms with E-state index >= 15 is 0 Å². The first kappa shape index (κ1) is 16.4. The van der Waals surface area contributed by atoms with Crippen LogP contribution in [0.3, 0.4) is 0 Å². The van der Waals surface area contributed by atoms with Gasteiger partial charge in [0.05, 0.1) is 5.56 Å². The molecule has 0 aliphatic carbocycles. The summed E-state index contributed by atoms with van der Waals surface area (Å²) in [4.78, 5) is 25.5. The van der Waals surface area contributed by atoms with Gasteiger partial charge in [-0.1, -0.05) is 0 Å². The van der Waals surface area contributed by atoms with E-state index in [1.54, 1.807) is 14.1 Å². The van der Waals surface area contributed by atoms with E-state index in [1.165, 1.54) is 23.1 Å². The van der Waals surface area contributed by atoms with E-state index in [2.05, 4.69) is 10.6 Å². The highest BCUT2D eigenvalue weighted by Gasteiger charge is 2.25. The van der Waals surface area contributed by atoms with Gasteiger partial charge in [-0.05, 0) is 44.5 Å². The molecular weight excluding hydrogens is 285 g/mol. The zero-order valence-corrected chi connectivity index (χ0v) is 13.1. The van der Waals surface area contributed by atoms with Crippen molar-refractivity contribution in [2.45, 2.75) is 25.8 Å². The number of nitrogens with one attached hydrogen (secondary N) is 2. The molecule has 0 bridgehead atoms. The van der Waals surface area contributed by atoms with Crippen molar-refractivity contribution in [3.8, 4) is 0 Å². The minimum Gasteiger partial charge on any atom is -0.345 e. The highest BCUT2D eigenvalue weighted by atomic mass is 19.1. The Bertz CT molecular complexity index is 575. The molecule has 0 aromatic heterocycles. The molecule has 22 heavy (non-hydrogen) atoms. The van der Waals surface area contributed by atoms with E-state index in [0.29, 0.717) is 11.7 Å². The number of anilines is 1. The van der Waals surface area contributed by atoms with Gasteiger partial charge in [-0.2, -0.15) is 0 Å². The number of rotatable bonds is 3. The minimum atomic E-state index is -0.591. The Morgan fingerprint density at radius 2 is 2.09 bits per heavy atom. The first-order valence-corrected chi connectivity index (χ1v) is 7.44. The van der Waals surface area contributed by atoms with Crippen LogP contribution in [-0.4, -0.2) is 43.4 Å². The van der Waals surface area contributed by atoms with Crippen LogP contribution in [0, 0.1) is 11.7 Å². The lowest BCUT2D eigenvalue weighted by molar-refractivity contribution is -0.120. The minimum absolute atomic E-state index is 0.0403. The first-order chi connectivity index (χ1) is 10.4. The summed E-state index contributed by atoms with van der Waals surface area (Å²) in [7, 11) is 3.12. The highest BCUT2D eigenvalue weighted by molar-refractivity contribution is 5.97. The number of carbonyl (C=O) groups is 2. The second kappa shape index (κ2) is 6.87. The molecule has 1 saturated heterocycles. The van der Waals surface area contributed by atoms with E-state index in [0.717, 1.165) is 19.4 Å². The molecule has 1 fully saturated rings. The van der Waals surface area contributed by atoms with Crippen LogP contribution in [0.5, 0.6) is 0 Å². The maximum atomic E-state index is 13.8. The van der Waals surface area contributed by atoms with Gasteiger partial charge in [-0.25, -0.2) is 4.39 Å². The summed E-state index contributed by atoms with van der Waals surface area (Å²) in [6.07, 6.45) is 1.55. The van der Waals surface area contributed by atoms with Gasteiger partial charge in [0.2, 0.25) is 5.91 Å². The van der Waals surface area contributed by atoms with Gasteiger partial charge in [0, 0.05) is 31.7 Å². The number of carbonyl (C=O) groups excluding carboxylic acids is 2. The molecule has 1 heterocycles. The quantitative estimate of drug-likeness (QED) is 0.896. The van der Waals surface area contributed by atoms with Crippen LogP contribution in [0.25, 0.3) is 0 Å². The fraction of sp³-hybridized carbons (Fsp3) is 0.500. The lowest BCUT2D eigenvalue weighted by atomic mass is 9.92. The average molecular weight is 307 g/mol. The zero-order valence-electron chi connectivity index (χ0n) is 13.1. The molecule has 5 nitrogen and oxygen atoms in total. The molecule has 1 aliphatic heterocycles. The Kier molecular flexibility index (Phi) is 5.13. The molecule has 120 valence electrons. The molecule has 2 amide bonds. The second-order valence-corrected chi connectivity index (χ2v) is 5.96. The molecule has 1 aromatic rings. The monoisotopic (exact) mass is 307 g/mol. The van der Waals surface area contributed by atoms with E-state index < -0.39 is 11.7 Å². The van der Waals surface area contributed by atoms with Crippen molar-refractivity contribution in [2.24, 2.45) is 5.92 Å². The van der Waals surface area contributed by atoms with Gasteiger partial charge in [0.15, 0.2) is 0 Å². The van der Waals surface area contributed by atoms with Crippen LogP contribution >= 0.6 is 0 Å². The Morgan fingerprint density at radius 3 is 2.73 bits per heavy atom. The molecule has 0 radical (unpaired) electrons. The van der Waals surface area contributed by atoms with Crippen LogP contribution < -0.4 is 10.6 Å². The smallest absolute Gasteiger partial charge is 0.256 e. The van der Waals surface area contributed by atoms with E-state index in [1.807, 2.05) is 6.92 Å². The number of halogens is 1. The summed E-state index contributed by atoms with van der Waals surface area (Å²) in [5.41, 5.74) is 0.407. The third-order valence-corrected chi connectivity index (χ3v) is 3.86. The number of amides is 2. The van der Waals surface area contributed by atoms with Crippen LogP contribution in [-0.2, 0) is 4.79 Å². The summed E-state index contributed by atoms with van der Waals surface area (Å²) in [5, 5.41) is 6.08. The fourth-order valence-electron chi connectivity index (χ4n) is 2.62. The molecule has 1 aromatic carbocycles. The Morgan fingerprint density at radius 1 is 1.36 bits per heavy atom. The number of piperidine rings is 1. The molecular formula is C16H22FN3O2. The predicted molar refractivity (Wildman–Crippen MR) is 83.2 cm³/mol. The molecule has 2 rings (SSSR count). The zero-order chi connectivity index (χ0) is 16.3. The van der Waals surface area contributed by atoms with Gasteiger partial charge in [-0.15, -0.1) is 0 Å². The van der Waals surface area contributed by atoms with Crippen LogP contribution in [0.4, 0.5) is 10.1 Å². The van der Waals surface area contributed by atoms with Crippen molar-refractivity contribution in [1.82, 2.24) is 10.2 Å². The molecule has 2 atom stereocenters. The maximum absolute atomic E-state index is 13.8. The largest absolute Gasteiger partial charge is 0.345 e. The van der Waals surface area contributed by atoms with Crippen molar-refractivity contribution in [2.75, 3.05) is 26.0 Å². The van der Waals surface area contributed by atoms with Crippen molar-refractivity contribution < 1.29 is 14.0 Å². The number of benzene rings is 1. The first-order valence-electron chi connectivity index (χ1n) is 7.44. The summed E-state index contributed by atoms with van der Waals surface area (Å²) in [6, 6.07) is 4.38. The lowest BCUT2D eigenvalue weighted by Crippen LogP contribution is -2.40. The average Bonchev–Trinajstić information content (AvgIpc) is 2.48. The van der Waals surface area contributed by atoms with Crippen molar-refractivity contribution in [3.63, 3.8) is 0 Å². The fourth-order valence-corrected chi connectivity index (χ4v) is 2.62. The number of nitrogens with zero attached hydrogens (tertiary/aromatic N) is 1. The van der Waals surface area contributed by atoms with Gasteiger partial charge in [0.1, 0.15) is 5.82 Å².